The Bertz CT molecular complexity index is 561. The van der Waals surface area contributed by atoms with Crippen LogP contribution < -0.4 is 5.43 Å². The van der Waals surface area contributed by atoms with Gasteiger partial charge in [0, 0.05) is 0 Å². The predicted molar refractivity (Wildman–Crippen MR) is 64.9 cm³/mol. The number of carbonyl (C=O) groups excluding carboxylic acids is 1. The van der Waals surface area contributed by atoms with Gasteiger partial charge in [0.25, 0.3) is 5.91 Å². The van der Waals surface area contributed by atoms with Crippen molar-refractivity contribution in [2.45, 2.75) is 13.3 Å². The maximum atomic E-state index is 11.7. The largest absolute Gasteiger partial charge is 0.478 e. The van der Waals surface area contributed by atoms with Crippen LogP contribution in [0.5, 0.6) is 0 Å². The molecule has 0 fully saturated rings. The fraction of sp³-hybridized carbons (Fsp3) is 0.200. The molecule has 7 nitrogen and oxygen atoms in total. The van der Waals surface area contributed by atoms with Crippen molar-refractivity contribution in [1.29, 1.82) is 0 Å². The summed E-state index contributed by atoms with van der Waals surface area (Å²) in [5.41, 5.74) is 3.39. The third kappa shape index (κ3) is 2.43. The minimum Gasteiger partial charge on any atom is -0.478 e. The first kappa shape index (κ1) is 12.4. The minimum atomic E-state index is -1.24. The van der Waals surface area contributed by atoms with Gasteiger partial charge < -0.3 is 9.52 Å². The van der Waals surface area contributed by atoms with Crippen LogP contribution in [0.4, 0.5) is 0 Å². The van der Waals surface area contributed by atoms with Gasteiger partial charge in [0.1, 0.15) is 23.1 Å². The van der Waals surface area contributed by atoms with Crippen molar-refractivity contribution in [3.8, 4) is 0 Å². The monoisotopic (exact) mass is 266 g/mol. The van der Waals surface area contributed by atoms with Crippen molar-refractivity contribution in [3.05, 3.63) is 23.7 Å². The number of carboxylic acid groups (broad SMARTS) is 1. The lowest BCUT2D eigenvalue weighted by Crippen LogP contribution is -2.08. The van der Waals surface area contributed by atoms with Crippen molar-refractivity contribution in [1.82, 2.24) is 5.43 Å². The molecular weight excluding hydrogens is 258 g/mol. The molecule has 0 aromatic carbocycles. The fourth-order valence-electron chi connectivity index (χ4n) is 1.21. The molecule has 2 heterocycles. The van der Waals surface area contributed by atoms with E-state index in [1.165, 1.54) is 11.8 Å². The van der Waals surface area contributed by atoms with Gasteiger partial charge in [-0.05, 0) is 18.2 Å². The van der Waals surface area contributed by atoms with E-state index in [2.05, 4.69) is 15.5 Å². The van der Waals surface area contributed by atoms with Crippen LogP contribution in [0.1, 0.15) is 34.1 Å². The van der Waals surface area contributed by atoms with Crippen LogP contribution in [0.2, 0.25) is 0 Å². The number of hydrogen-bond donors (Lipinski definition) is 1. The summed E-state index contributed by atoms with van der Waals surface area (Å²) < 4.78 is 4.70. The second-order valence-corrected chi connectivity index (χ2v) is 4.29. The van der Waals surface area contributed by atoms with E-state index in [1.54, 1.807) is 0 Å². The molecule has 0 bridgehead atoms. The zero-order valence-electron chi connectivity index (χ0n) is 9.28. The highest BCUT2D eigenvalue weighted by molar-refractivity contribution is 8.26. The second kappa shape index (κ2) is 5.05. The first-order chi connectivity index (χ1) is 8.61. The van der Waals surface area contributed by atoms with Gasteiger partial charge in [-0.15, -0.1) is 10.5 Å². The highest BCUT2D eigenvalue weighted by Crippen LogP contribution is 2.18. The van der Waals surface area contributed by atoms with Crippen molar-refractivity contribution in [3.63, 3.8) is 0 Å². The van der Waals surface area contributed by atoms with Crippen LogP contribution in [0.3, 0.4) is 0 Å². The molecule has 1 aromatic rings. The summed E-state index contributed by atoms with van der Waals surface area (Å²) in [5.74, 6) is -1.95. The van der Waals surface area contributed by atoms with Gasteiger partial charge in [0.2, 0.25) is 5.17 Å². The lowest BCUT2D eigenvalue weighted by atomic mass is 10.2. The van der Waals surface area contributed by atoms with Gasteiger partial charge in [-0.3, -0.25) is 4.79 Å². The van der Waals surface area contributed by atoms with Crippen LogP contribution in [-0.4, -0.2) is 27.2 Å². The van der Waals surface area contributed by atoms with Crippen molar-refractivity contribution < 1.29 is 19.1 Å². The number of amidine groups is 1. The Hall–Kier alpha value is -2.09. The first-order valence-corrected chi connectivity index (χ1v) is 5.81. The summed E-state index contributed by atoms with van der Waals surface area (Å²) in [5, 5.41) is 13.6. The van der Waals surface area contributed by atoms with Crippen LogP contribution in [-0.2, 0) is 0 Å². The number of aromatic carboxylic acids is 1. The molecular formula is C10H8N3O4S. The molecule has 1 aliphatic rings. The standard InChI is InChI=1S/C10H8N3O4S/c1-2-7-12-13-10(18-7)11-8(14)5-3-17-4-6(5)9(15)16/h3-4H,2H2,1H3,(H,15,16). The van der Waals surface area contributed by atoms with Crippen molar-refractivity contribution >= 4 is 33.8 Å². The maximum absolute atomic E-state index is 11.7. The lowest BCUT2D eigenvalue weighted by molar-refractivity contribution is 0.0692. The molecule has 1 N–H and O–H groups in total. The number of thioether (sulfide) groups is 1. The van der Waals surface area contributed by atoms with Crippen molar-refractivity contribution in [2.24, 2.45) is 10.1 Å². The van der Waals surface area contributed by atoms with E-state index in [0.717, 1.165) is 17.6 Å². The van der Waals surface area contributed by atoms with E-state index in [4.69, 9.17) is 9.52 Å². The van der Waals surface area contributed by atoms with Crippen LogP contribution >= 0.6 is 11.8 Å². The van der Waals surface area contributed by atoms with Crippen LogP contribution in [0, 0.1) is 0 Å². The summed E-state index contributed by atoms with van der Waals surface area (Å²) in [4.78, 5) is 26.3. The van der Waals surface area contributed by atoms with E-state index in [1.807, 2.05) is 6.92 Å². The Labute approximate surface area is 106 Å². The molecule has 18 heavy (non-hydrogen) atoms. The highest BCUT2D eigenvalue weighted by Gasteiger charge is 2.21. The van der Waals surface area contributed by atoms with Crippen LogP contribution in [0.25, 0.3) is 0 Å². The number of hydrogen-bond acceptors (Lipinski definition) is 5. The number of aliphatic imine (C=N–C) groups is 1. The maximum Gasteiger partial charge on any atom is 0.339 e. The second-order valence-electron chi connectivity index (χ2n) is 3.25. The Balaban J connectivity index is 2.16. The number of carboxylic acids is 1. The Morgan fingerprint density at radius 1 is 1.44 bits per heavy atom. The molecule has 0 aliphatic carbocycles. The third-order valence-electron chi connectivity index (χ3n) is 2.08. The number of rotatable bonds is 3. The summed E-state index contributed by atoms with van der Waals surface area (Å²) in [6, 6.07) is 0. The molecule has 0 spiro atoms. The van der Waals surface area contributed by atoms with E-state index in [0.29, 0.717) is 6.42 Å². The molecule has 0 unspecified atom stereocenters. The van der Waals surface area contributed by atoms with E-state index in [9.17, 15) is 9.59 Å². The summed E-state index contributed by atoms with van der Waals surface area (Å²) in [7, 11) is 0. The summed E-state index contributed by atoms with van der Waals surface area (Å²) in [6.45, 7) is 1.91. The summed E-state index contributed by atoms with van der Waals surface area (Å²) in [6.07, 6.45) is 2.74. The smallest absolute Gasteiger partial charge is 0.339 e. The molecule has 1 amide bonds. The topological polar surface area (TPSA) is 106 Å². The molecule has 93 valence electrons. The predicted octanol–water partition coefficient (Wildman–Crippen LogP) is 1.55. The van der Waals surface area contributed by atoms with Gasteiger partial charge in [-0.1, -0.05) is 6.92 Å². The molecule has 2 rings (SSSR count). The molecule has 0 saturated heterocycles. The van der Waals surface area contributed by atoms with E-state index in [-0.39, 0.29) is 16.3 Å². The SMILES string of the molecule is CCC1=N[N]C(=NC(=O)c2cocc2C(=O)O)S1. The quantitative estimate of drug-likeness (QED) is 0.893. The lowest BCUT2D eigenvalue weighted by Gasteiger charge is -1.94. The Morgan fingerprint density at radius 2 is 2.17 bits per heavy atom. The summed E-state index contributed by atoms with van der Waals surface area (Å²) >= 11 is 1.18. The van der Waals surface area contributed by atoms with E-state index < -0.39 is 11.9 Å². The average molecular weight is 266 g/mol. The third-order valence-corrected chi connectivity index (χ3v) is 3.04. The Morgan fingerprint density at radius 3 is 2.78 bits per heavy atom. The fourth-order valence-corrected chi connectivity index (χ4v) is 1.86. The Kier molecular flexibility index (Phi) is 3.47. The number of nitrogens with zero attached hydrogens (tertiary/aromatic N) is 3. The highest BCUT2D eigenvalue weighted by atomic mass is 32.2. The zero-order valence-corrected chi connectivity index (χ0v) is 10.1. The van der Waals surface area contributed by atoms with Gasteiger partial charge in [-0.25, -0.2) is 4.79 Å². The molecule has 0 saturated carbocycles. The van der Waals surface area contributed by atoms with Crippen molar-refractivity contribution in [2.75, 3.05) is 0 Å². The van der Waals surface area contributed by atoms with Gasteiger partial charge in [-0.2, -0.15) is 4.99 Å². The molecule has 8 heteroatoms. The molecule has 0 atom stereocenters. The molecule has 1 aromatic heterocycles. The van der Waals surface area contributed by atoms with Gasteiger partial charge >= 0.3 is 5.97 Å². The van der Waals surface area contributed by atoms with Gasteiger partial charge in [0.05, 0.1) is 5.56 Å². The zero-order chi connectivity index (χ0) is 13.1. The normalized spacial score (nSPS) is 16.5. The molecule has 1 radical (unpaired) electrons. The molecule has 1 aliphatic heterocycles. The van der Waals surface area contributed by atoms with Crippen LogP contribution in [0.15, 0.2) is 27.0 Å². The number of carbonyl (C=O) groups is 2. The minimum absolute atomic E-state index is 0.101. The average Bonchev–Trinajstić information content (AvgIpc) is 2.96. The van der Waals surface area contributed by atoms with E-state index >= 15 is 0 Å². The first-order valence-electron chi connectivity index (χ1n) is 4.99. The number of amides is 1. The number of furan rings is 1. The van der Waals surface area contributed by atoms with Gasteiger partial charge in [0.15, 0.2) is 0 Å².